The quantitative estimate of drug-likeness (QED) is 0.671. The van der Waals surface area contributed by atoms with Gasteiger partial charge in [0.25, 0.3) is 0 Å². The van der Waals surface area contributed by atoms with Gasteiger partial charge in [-0.2, -0.15) is 0 Å². The van der Waals surface area contributed by atoms with Crippen molar-refractivity contribution in [2.24, 2.45) is 40.4 Å². The average molecular weight is 321 g/mol. The van der Waals surface area contributed by atoms with Gasteiger partial charge in [0.2, 0.25) is 0 Å². The fraction of sp³-hybridized carbons (Fsp3) is 1.00. The Labute approximate surface area is 144 Å². The molecule has 3 rings (SSSR count). The maximum atomic E-state index is 10.2. The van der Waals surface area contributed by atoms with Crippen molar-refractivity contribution in [2.75, 3.05) is 0 Å². The molecule has 0 heterocycles. The van der Waals surface area contributed by atoms with E-state index in [4.69, 9.17) is 0 Å². The Morgan fingerprint density at radius 2 is 1.52 bits per heavy atom. The lowest BCUT2D eigenvalue weighted by atomic mass is 9.48. The van der Waals surface area contributed by atoms with Gasteiger partial charge in [-0.1, -0.05) is 47.5 Å². The van der Waals surface area contributed by atoms with E-state index in [2.05, 4.69) is 34.6 Å². The monoisotopic (exact) mass is 320 g/mol. The minimum absolute atomic E-state index is 0.0338. The highest BCUT2D eigenvalue weighted by Gasteiger charge is 2.56. The SMILES string of the molecule is CCC1C2CCC(C)C2(C)CCC1C1(C)CCC(O)CC1CC. The van der Waals surface area contributed by atoms with Gasteiger partial charge < -0.3 is 5.11 Å². The van der Waals surface area contributed by atoms with E-state index in [0.717, 1.165) is 42.4 Å². The summed E-state index contributed by atoms with van der Waals surface area (Å²) in [5.41, 5.74) is 1.09. The highest BCUT2D eigenvalue weighted by Crippen LogP contribution is 2.64. The van der Waals surface area contributed by atoms with Crippen molar-refractivity contribution < 1.29 is 5.11 Å². The number of hydrogen-bond acceptors (Lipinski definition) is 1. The molecule has 3 aliphatic rings. The highest BCUT2D eigenvalue weighted by molar-refractivity contribution is 5.05. The van der Waals surface area contributed by atoms with Gasteiger partial charge in [0, 0.05) is 0 Å². The maximum Gasteiger partial charge on any atom is 0.0543 e. The van der Waals surface area contributed by atoms with E-state index < -0.39 is 0 Å². The highest BCUT2D eigenvalue weighted by atomic mass is 16.3. The number of aliphatic hydroxyl groups excluding tert-OH is 1. The molecule has 0 bridgehead atoms. The largest absolute Gasteiger partial charge is 0.393 e. The van der Waals surface area contributed by atoms with Gasteiger partial charge in [-0.05, 0) is 85.4 Å². The van der Waals surface area contributed by atoms with Gasteiger partial charge in [-0.25, -0.2) is 0 Å². The standard InChI is InChI=1S/C22H40O/c1-6-16-14-17(23)10-12-22(16,5)20-11-13-21(4)15(3)8-9-19(21)18(20)7-2/h15-20,23H,6-14H2,1-5H3. The number of hydrogen-bond donors (Lipinski definition) is 1. The Bertz CT molecular complexity index is 418. The van der Waals surface area contributed by atoms with Gasteiger partial charge in [0.15, 0.2) is 0 Å². The van der Waals surface area contributed by atoms with Crippen LogP contribution in [0, 0.1) is 40.4 Å². The van der Waals surface area contributed by atoms with Gasteiger partial charge in [0.05, 0.1) is 6.10 Å². The molecule has 0 saturated heterocycles. The zero-order valence-electron chi connectivity index (χ0n) is 16.3. The molecule has 3 fully saturated rings. The fourth-order valence-corrected chi connectivity index (χ4v) is 7.46. The van der Waals surface area contributed by atoms with Crippen LogP contribution in [0.3, 0.4) is 0 Å². The first kappa shape index (κ1) is 17.8. The molecule has 8 unspecified atom stereocenters. The third kappa shape index (κ3) is 2.70. The maximum absolute atomic E-state index is 10.2. The van der Waals surface area contributed by atoms with Crippen molar-refractivity contribution in [3.63, 3.8) is 0 Å². The van der Waals surface area contributed by atoms with Crippen molar-refractivity contribution in [3.05, 3.63) is 0 Å². The summed E-state index contributed by atoms with van der Waals surface area (Å²) in [4.78, 5) is 0. The fourth-order valence-electron chi connectivity index (χ4n) is 7.46. The summed E-state index contributed by atoms with van der Waals surface area (Å²) in [6.07, 6.45) is 11.8. The summed E-state index contributed by atoms with van der Waals surface area (Å²) >= 11 is 0. The van der Waals surface area contributed by atoms with Crippen molar-refractivity contribution in [2.45, 2.75) is 98.5 Å². The Hall–Kier alpha value is -0.0400. The zero-order chi connectivity index (χ0) is 16.8. The number of fused-ring (bicyclic) bond motifs is 1. The van der Waals surface area contributed by atoms with Crippen LogP contribution in [0.2, 0.25) is 0 Å². The lowest BCUT2D eigenvalue weighted by molar-refractivity contribution is -0.0938. The van der Waals surface area contributed by atoms with E-state index in [1.165, 1.54) is 44.9 Å². The minimum atomic E-state index is -0.0338. The second kappa shape index (κ2) is 6.36. The van der Waals surface area contributed by atoms with E-state index in [1.807, 2.05) is 0 Å². The van der Waals surface area contributed by atoms with Crippen LogP contribution in [0.15, 0.2) is 0 Å². The first-order chi connectivity index (χ1) is 10.9. The molecule has 8 atom stereocenters. The molecule has 1 N–H and O–H groups in total. The molecule has 0 amide bonds. The lowest BCUT2D eigenvalue weighted by Crippen LogP contribution is -2.50. The molecule has 134 valence electrons. The van der Waals surface area contributed by atoms with Crippen LogP contribution in [0.25, 0.3) is 0 Å². The van der Waals surface area contributed by atoms with E-state index in [-0.39, 0.29) is 6.10 Å². The van der Waals surface area contributed by atoms with Crippen LogP contribution >= 0.6 is 0 Å². The lowest BCUT2D eigenvalue weighted by Gasteiger charge is -2.57. The Morgan fingerprint density at radius 1 is 0.870 bits per heavy atom. The molecule has 0 aromatic rings. The zero-order valence-corrected chi connectivity index (χ0v) is 16.3. The summed E-state index contributed by atoms with van der Waals surface area (Å²) in [5, 5.41) is 10.2. The van der Waals surface area contributed by atoms with E-state index in [1.54, 1.807) is 0 Å². The van der Waals surface area contributed by atoms with Gasteiger partial charge >= 0.3 is 0 Å². The van der Waals surface area contributed by atoms with Crippen molar-refractivity contribution >= 4 is 0 Å². The first-order valence-electron chi connectivity index (χ1n) is 10.5. The smallest absolute Gasteiger partial charge is 0.0543 e. The molecule has 1 heteroatoms. The van der Waals surface area contributed by atoms with Crippen LogP contribution in [0.5, 0.6) is 0 Å². The van der Waals surface area contributed by atoms with Crippen LogP contribution in [0.4, 0.5) is 0 Å². The van der Waals surface area contributed by atoms with Crippen molar-refractivity contribution in [3.8, 4) is 0 Å². The third-order valence-electron chi connectivity index (χ3n) is 9.23. The van der Waals surface area contributed by atoms with Gasteiger partial charge in [-0.3, -0.25) is 0 Å². The Balaban J connectivity index is 1.87. The molecular formula is C22H40O. The second-order valence-corrected chi connectivity index (χ2v) is 9.85. The third-order valence-corrected chi connectivity index (χ3v) is 9.23. The average Bonchev–Trinajstić information content (AvgIpc) is 2.84. The van der Waals surface area contributed by atoms with E-state index >= 15 is 0 Å². The molecule has 0 aromatic carbocycles. The predicted molar refractivity (Wildman–Crippen MR) is 98.2 cm³/mol. The van der Waals surface area contributed by atoms with Gasteiger partial charge in [-0.15, -0.1) is 0 Å². The number of aliphatic hydroxyl groups is 1. The molecule has 23 heavy (non-hydrogen) atoms. The van der Waals surface area contributed by atoms with Gasteiger partial charge in [0.1, 0.15) is 0 Å². The predicted octanol–water partition coefficient (Wildman–Crippen LogP) is 6.05. The molecule has 0 radical (unpaired) electrons. The van der Waals surface area contributed by atoms with Crippen LogP contribution < -0.4 is 0 Å². The van der Waals surface area contributed by atoms with Crippen molar-refractivity contribution in [1.29, 1.82) is 0 Å². The molecule has 3 aliphatic carbocycles. The molecular weight excluding hydrogens is 280 g/mol. The molecule has 1 nitrogen and oxygen atoms in total. The van der Waals surface area contributed by atoms with Crippen LogP contribution in [-0.4, -0.2) is 11.2 Å². The van der Waals surface area contributed by atoms with Crippen LogP contribution in [-0.2, 0) is 0 Å². The molecule has 3 saturated carbocycles. The summed E-state index contributed by atoms with van der Waals surface area (Å²) in [7, 11) is 0. The summed E-state index contributed by atoms with van der Waals surface area (Å²) in [6.45, 7) is 12.5. The normalized spacial score (nSPS) is 54.0. The van der Waals surface area contributed by atoms with E-state index in [9.17, 15) is 5.11 Å². The topological polar surface area (TPSA) is 20.2 Å². The Morgan fingerprint density at radius 3 is 2.17 bits per heavy atom. The molecule has 0 spiro atoms. The summed E-state index contributed by atoms with van der Waals surface area (Å²) in [5.74, 6) is 4.43. The first-order valence-corrected chi connectivity index (χ1v) is 10.5. The number of rotatable bonds is 3. The molecule has 0 aromatic heterocycles. The second-order valence-electron chi connectivity index (χ2n) is 9.85. The summed E-state index contributed by atoms with van der Waals surface area (Å²) in [6, 6.07) is 0. The molecule has 0 aliphatic heterocycles. The van der Waals surface area contributed by atoms with Crippen LogP contribution in [0.1, 0.15) is 92.4 Å². The Kier molecular flexibility index (Phi) is 4.91. The summed E-state index contributed by atoms with van der Waals surface area (Å²) < 4.78 is 0. The van der Waals surface area contributed by atoms with Crippen molar-refractivity contribution in [1.82, 2.24) is 0 Å². The minimum Gasteiger partial charge on any atom is -0.393 e. The van der Waals surface area contributed by atoms with E-state index in [0.29, 0.717) is 10.8 Å².